The molecule has 0 spiro atoms. The Labute approximate surface area is 89.1 Å². The average molecular weight is 195 g/mol. The summed E-state index contributed by atoms with van der Waals surface area (Å²) in [6.07, 6.45) is 11.7. The second-order valence-corrected chi connectivity index (χ2v) is 4.12. The lowest BCUT2D eigenvalue weighted by molar-refractivity contribution is 0.571. The fourth-order valence-corrected chi connectivity index (χ4v) is 1.23. The number of unbranched alkanes of at least 4 members (excludes halogenated alkanes) is 2. The van der Waals surface area contributed by atoms with E-state index in [-0.39, 0.29) is 0 Å². The predicted octanol–water partition coefficient (Wildman–Crippen LogP) is 4.01. The first-order valence-electron chi connectivity index (χ1n) is 5.75. The van der Waals surface area contributed by atoms with Crippen molar-refractivity contribution < 1.29 is 0 Å². The van der Waals surface area contributed by atoms with E-state index in [1.807, 2.05) is 0 Å². The lowest BCUT2D eigenvalue weighted by Crippen LogP contribution is -1.93. The Morgan fingerprint density at radius 2 is 2.07 bits per heavy atom. The van der Waals surface area contributed by atoms with E-state index in [9.17, 15) is 0 Å². The van der Waals surface area contributed by atoms with Crippen molar-refractivity contribution in [1.82, 2.24) is 0 Å². The summed E-state index contributed by atoms with van der Waals surface area (Å²) in [5.74, 6) is 0.829. The Bertz CT molecular complexity index is 170. The van der Waals surface area contributed by atoms with Crippen molar-refractivity contribution in [2.45, 2.75) is 52.4 Å². The van der Waals surface area contributed by atoms with Gasteiger partial charge in [-0.3, -0.25) is 0 Å². The van der Waals surface area contributed by atoms with Crippen LogP contribution in [0.15, 0.2) is 24.4 Å². The van der Waals surface area contributed by atoms with Gasteiger partial charge in [0, 0.05) is 5.70 Å². The monoisotopic (exact) mass is 195 g/mol. The molecule has 1 atom stereocenters. The molecule has 1 nitrogen and oxygen atoms in total. The summed E-state index contributed by atoms with van der Waals surface area (Å²) in [5, 5.41) is 0. The molecule has 0 fully saturated rings. The van der Waals surface area contributed by atoms with Crippen molar-refractivity contribution in [2.24, 2.45) is 11.7 Å². The lowest BCUT2D eigenvalue weighted by atomic mass is 10.0. The highest BCUT2D eigenvalue weighted by molar-refractivity contribution is 4.86. The molecular weight excluding hydrogens is 170 g/mol. The van der Waals surface area contributed by atoms with Crippen LogP contribution < -0.4 is 5.73 Å². The molecule has 0 aromatic heterocycles. The Morgan fingerprint density at radius 3 is 2.64 bits per heavy atom. The van der Waals surface area contributed by atoms with Crippen LogP contribution in [-0.2, 0) is 0 Å². The van der Waals surface area contributed by atoms with Gasteiger partial charge in [0.15, 0.2) is 0 Å². The first kappa shape index (κ1) is 13.3. The third-order valence-corrected chi connectivity index (χ3v) is 2.52. The topological polar surface area (TPSA) is 26.0 Å². The summed E-state index contributed by atoms with van der Waals surface area (Å²) in [6, 6.07) is 0. The second-order valence-electron chi connectivity index (χ2n) is 4.12. The standard InChI is InChI=1S/C13H25N/c1-4-12(2)10-8-6-5-7-9-11-13(3)14/h6,8,12H,3-5,7,9-11,14H2,1-2H3/b8-6+. The molecule has 0 saturated heterocycles. The van der Waals surface area contributed by atoms with E-state index in [4.69, 9.17) is 5.73 Å². The third-order valence-electron chi connectivity index (χ3n) is 2.52. The summed E-state index contributed by atoms with van der Waals surface area (Å²) in [5.41, 5.74) is 6.29. The molecule has 0 aliphatic heterocycles. The van der Waals surface area contributed by atoms with Crippen molar-refractivity contribution in [2.75, 3.05) is 0 Å². The van der Waals surface area contributed by atoms with Gasteiger partial charge in [0.1, 0.15) is 0 Å². The zero-order valence-electron chi connectivity index (χ0n) is 9.76. The smallest absolute Gasteiger partial charge is 0.000744 e. The second kappa shape index (κ2) is 8.86. The molecule has 0 aliphatic rings. The number of hydrogen-bond acceptors (Lipinski definition) is 1. The van der Waals surface area contributed by atoms with Gasteiger partial charge in [0.05, 0.1) is 0 Å². The van der Waals surface area contributed by atoms with Crippen LogP contribution in [0.3, 0.4) is 0 Å². The average Bonchev–Trinajstić information content (AvgIpc) is 2.15. The molecule has 0 aromatic rings. The third kappa shape index (κ3) is 9.37. The largest absolute Gasteiger partial charge is 0.403 e. The van der Waals surface area contributed by atoms with E-state index < -0.39 is 0 Å². The van der Waals surface area contributed by atoms with E-state index in [1.54, 1.807) is 0 Å². The van der Waals surface area contributed by atoms with E-state index in [1.165, 1.54) is 32.1 Å². The molecule has 0 rings (SSSR count). The van der Waals surface area contributed by atoms with Crippen LogP contribution in [0.25, 0.3) is 0 Å². The minimum absolute atomic E-state index is 0.814. The molecular formula is C13H25N. The molecule has 0 radical (unpaired) electrons. The van der Waals surface area contributed by atoms with Crippen LogP contribution in [0.4, 0.5) is 0 Å². The summed E-state index contributed by atoms with van der Waals surface area (Å²) in [7, 11) is 0. The van der Waals surface area contributed by atoms with Crippen molar-refractivity contribution >= 4 is 0 Å². The molecule has 0 amide bonds. The highest BCUT2D eigenvalue weighted by Crippen LogP contribution is 2.08. The molecule has 82 valence electrons. The maximum atomic E-state index is 5.48. The van der Waals surface area contributed by atoms with Crippen LogP contribution in [0.1, 0.15) is 52.4 Å². The van der Waals surface area contributed by atoms with Crippen molar-refractivity contribution in [3.05, 3.63) is 24.4 Å². The number of allylic oxidation sites excluding steroid dienone is 3. The maximum Gasteiger partial charge on any atom is 0.000744 e. The first-order chi connectivity index (χ1) is 6.66. The maximum absolute atomic E-state index is 5.48. The van der Waals surface area contributed by atoms with E-state index in [0.717, 1.165) is 18.0 Å². The Kier molecular flexibility index (Phi) is 8.40. The van der Waals surface area contributed by atoms with Gasteiger partial charge in [-0.25, -0.2) is 0 Å². The van der Waals surface area contributed by atoms with E-state index in [2.05, 4.69) is 32.6 Å². The van der Waals surface area contributed by atoms with Crippen LogP contribution >= 0.6 is 0 Å². The summed E-state index contributed by atoms with van der Waals surface area (Å²) >= 11 is 0. The molecule has 0 aromatic carbocycles. The molecule has 14 heavy (non-hydrogen) atoms. The number of nitrogens with two attached hydrogens (primary N) is 1. The van der Waals surface area contributed by atoms with Crippen molar-refractivity contribution in [3.63, 3.8) is 0 Å². The fraction of sp³-hybridized carbons (Fsp3) is 0.692. The lowest BCUT2D eigenvalue weighted by Gasteiger charge is -2.02. The molecule has 0 heterocycles. The van der Waals surface area contributed by atoms with Gasteiger partial charge < -0.3 is 5.73 Å². The van der Waals surface area contributed by atoms with Crippen LogP contribution in [0.5, 0.6) is 0 Å². The van der Waals surface area contributed by atoms with Gasteiger partial charge in [-0.05, 0) is 38.0 Å². The van der Waals surface area contributed by atoms with Gasteiger partial charge in [0.25, 0.3) is 0 Å². The van der Waals surface area contributed by atoms with Crippen molar-refractivity contribution in [1.29, 1.82) is 0 Å². The quantitative estimate of drug-likeness (QED) is 0.459. The SMILES string of the molecule is C=C(N)CCCC/C=C/CC(C)CC. The van der Waals surface area contributed by atoms with Crippen molar-refractivity contribution in [3.8, 4) is 0 Å². The predicted molar refractivity (Wildman–Crippen MR) is 65.0 cm³/mol. The molecule has 2 N–H and O–H groups in total. The number of rotatable bonds is 8. The Balaban J connectivity index is 3.23. The van der Waals surface area contributed by atoms with Gasteiger partial charge in [-0.2, -0.15) is 0 Å². The van der Waals surface area contributed by atoms with Gasteiger partial charge in [-0.15, -0.1) is 0 Å². The summed E-state index contributed by atoms with van der Waals surface area (Å²) < 4.78 is 0. The minimum atomic E-state index is 0.814. The summed E-state index contributed by atoms with van der Waals surface area (Å²) in [4.78, 5) is 0. The van der Waals surface area contributed by atoms with Gasteiger partial charge >= 0.3 is 0 Å². The van der Waals surface area contributed by atoms with Gasteiger partial charge in [0.2, 0.25) is 0 Å². The summed E-state index contributed by atoms with van der Waals surface area (Å²) in [6.45, 7) is 8.22. The molecule has 0 aliphatic carbocycles. The normalized spacial score (nSPS) is 13.3. The minimum Gasteiger partial charge on any atom is -0.403 e. The fourth-order valence-electron chi connectivity index (χ4n) is 1.23. The highest BCUT2D eigenvalue weighted by atomic mass is 14.5. The zero-order valence-corrected chi connectivity index (χ0v) is 9.76. The van der Waals surface area contributed by atoms with Gasteiger partial charge in [-0.1, -0.05) is 39.0 Å². The Hall–Kier alpha value is -0.720. The van der Waals surface area contributed by atoms with Crippen LogP contribution in [0, 0.1) is 5.92 Å². The molecule has 1 unspecified atom stereocenters. The highest BCUT2D eigenvalue weighted by Gasteiger charge is 1.93. The molecule has 0 bridgehead atoms. The first-order valence-corrected chi connectivity index (χ1v) is 5.75. The van der Waals surface area contributed by atoms with E-state index >= 15 is 0 Å². The van der Waals surface area contributed by atoms with E-state index in [0.29, 0.717) is 0 Å². The molecule has 1 heteroatoms. The van der Waals surface area contributed by atoms with Crippen LogP contribution in [0.2, 0.25) is 0 Å². The molecule has 0 saturated carbocycles. The zero-order chi connectivity index (χ0) is 10.8. The van der Waals surface area contributed by atoms with Crippen LogP contribution in [-0.4, -0.2) is 0 Å². The Morgan fingerprint density at radius 1 is 1.36 bits per heavy atom. The number of hydrogen-bond donors (Lipinski definition) is 1.